The molecular weight excluding hydrogens is 872 g/mol. The summed E-state index contributed by atoms with van der Waals surface area (Å²) >= 11 is 0. The molecule has 0 amide bonds. The Morgan fingerprint density at radius 2 is 1.52 bits per heavy atom. The van der Waals surface area contributed by atoms with E-state index in [1.54, 1.807) is 0 Å². The van der Waals surface area contributed by atoms with Crippen molar-refractivity contribution in [1.29, 1.82) is 0 Å². The zero-order valence-corrected chi connectivity index (χ0v) is 35.2. The Bertz CT molecular complexity index is 2900. The molecule has 0 saturated heterocycles. The van der Waals surface area contributed by atoms with Gasteiger partial charge >= 0.3 is 21.1 Å². The number of rotatable bonds is 4. The van der Waals surface area contributed by atoms with Crippen LogP contribution in [0.25, 0.3) is 66.5 Å². The van der Waals surface area contributed by atoms with Crippen LogP contribution in [0.15, 0.2) is 96.1 Å². The van der Waals surface area contributed by atoms with Crippen LogP contribution >= 0.6 is 0 Å². The molecule has 7 nitrogen and oxygen atoms in total. The van der Waals surface area contributed by atoms with E-state index >= 15 is 0 Å². The summed E-state index contributed by atoms with van der Waals surface area (Å²) in [7, 11) is 0. The molecule has 8 aromatic rings. The van der Waals surface area contributed by atoms with E-state index in [1.807, 2.05) is 12.3 Å². The first-order valence-electron chi connectivity index (χ1n) is 19.4. The number of hydrogen-bond donors (Lipinski definition) is 0. The van der Waals surface area contributed by atoms with Gasteiger partial charge in [0, 0.05) is 22.5 Å². The van der Waals surface area contributed by atoms with Gasteiger partial charge in [-0.05, 0) is 115 Å². The SMILES string of the molecule is Cc1ccc2c(c1)c1nc(C)c(-n3c4ccc(-c5ccccc5)cc4c4cccnc43)[c-]c1n2-c1[c-]c(C2=N[C@@]3(C)CCCC[C@]3(C)O2)cc(C(C)(C)C)n1.[Pt+2]. The maximum atomic E-state index is 6.83. The summed E-state index contributed by atoms with van der Waals surface area (Å²) < 4.78 is 11.2. The molecule has 10 rings (SSSR count). The zero-order valence-electron chi connectivity index (χ0n) is 32.9. The fourth-order valence-corrected chi connectivity index (χ4v) is 8.81. The summed E-state index contributed by atoms with van der Waals surface area (Å²) in [6.07, 6.45) is 6.17. The van der Waals surface area contributed by atoms with Crippen molar-refractivity contribution in [2.75, 3.05) is 0 Å². The van der Waals surface area contributed by atoms with Crippen LogP contribution in [-0.2, 0) is 31.2 Å². The van der Waals surface area contributed by atoms with Crippen molar-refractivity contribution in [2.24, 2.45) is 4.99 Å². The third kappa shape index (κ3) is 5.56. The average Bonchev–Trinajstić information content (AvgIpc) is 3.78. The minimum atomic E-state index is -0.341. The first-order chi connectivity index (χ1) is 26.4. The molecule has 3 aromatic carbocycles. The van der Waals surface area contributed by atoms with Crippen molar-refractivity contribution in [3.63, 3.8) is 0 Å². The molecular formula is C48H44N6OPt. The smallest absolute Gasteiger partial charge is 0.527 e. The second-order valence-electron chi connectivity index (χ2n) is 17.0. The van der Waals surface area contributed by atoms with Crippen LogP contribution in [0.3, 0.4) is 0 Å². The molecule has 2 atom stereocenters. The molecule has 5 aromatic heterocycles. The Labute approximate surface area is 342 Å². The summed E-state index contributed by atoms with van der Waals surface area (Å²) in [6.45, 7) is 15.3. The van der Waals surface area contributed by atoms with Gasteiger partial charge in [0.15, 0.2) is 0 Å². The second kappa shape index (κ2) is 13.0. The number of benzene rings is 3. The summed E-state index contributed by atoms with van der Waals surface area (Å²) in [6, 6.07) is 37.6. The van der Waals surface area contributed by atoms with Crippen LogP contribution in [0, 0.1) is 26.0 Å². The van der Waals surface area contributed by atoms with E-state index in [1.165, 1.54) is 5.56 Å². The van der Waals surface area contributed by atoms with Gasteiger partial charge in [0.05, 0.1) is 16.9 Å². The molecule has 56 heavy (non-hydrogen) atoms. The maximum Gasteiger partial charge on any atom is 2.00 e. The van der Waals surface area contributed by atoms with Crippen LogP contribution < -0.4 is 0 Å². The number of hydrogen-bond acceptors (Lipinski definition) is 5. The van der Waals surface area contributed by atoms with Crippen molar-refractivity contribution < 1.29 is 25.8 Å². The molecule has 0 radical (unpaired) electrons. The summed E-state index contributed by atoms with van der Waals surface area (Å²) in [5, 5.41) is 3.26. The minimum absolute atomic E-state index is 0. The Balaban J connectivity index is 0.00000410. The molecule has 2 aliphatic rings. The first kappa shape index (κ1) is 36.5. The van der Waals surface area contributed by atoms with Gasteiger partial charge in [-0.1, -0.05) is 93.9 Å². The van der Waals surface area contributed by atoms with Gasteiger partial charge in [-0.25, -0.2) is 4.98 Å². The molecule has 0 unspecified atom stereocenters. The van der Waals surface area contributed by atoms with Crippen molar-refractivity contribution in [2.45, 2.75) is 90.7 Å². The summed E-state index contributed by atoms with van der Waals surface area (Å²) in [5.74, 6) is 1.32. The van der Waals surface area contributed by atoms with Gasteiger partial charge in [0.25, 0.3) is 0 Å². The van der Waals surface area contributed by atoms with Gasteiger partial charge in [0.1, 0.15) is 17.1 Å². The Hall–Kier alpha value is -5.13. The summed E-state index contributed by atoms with van der Waals surface area (Å²) in [4.78, 5) is 21.0. The molecule has 282 valence electrons. The van der Waals surface area contributed by atoms with E-state index in [2.05, 4.69) is 149 Å². The second-order valence-corrected chi connectivity index (χ2v) is 17.0. The Morgan fingerprint density at radius 3 is 2.30 bits per heavy atom. The molecule has 1 aliphatic carbocycles. The number of aryl methyl sites for hydroxylation is 2. The van der Waals surface area contributed by atoms with Gasteiger partial charge in [-0.3, -0.25) is 4.98 Å². The quantitative estimate of drug-likeness (QED) is 0.165. The van der Waals surface area contributed by atoms with Crippen molar-refractivity contribution in [3.05, 3.63) is 126 Å². The normalized spacial score (nSPS) is 19.7. The molecule has 8 heteroatoms. The number of aliphatic imine (C=N–C) groups is 1. The number of ether oxygens (including phenoxy) is 1. The predicted molar refractivity (Wildman–Crippen MR) is 223 cm³/mol. The van der Waals surface area contributed by atoms with E-state index < -0.39 is 0 Å². The topological polar surface area (TPSA) is 70.1 Å². The number of nitrogens with zero attached hydrogens (tertiary/aromatic N) is 6. The molecule has 6 heterocycles. The van der Waals surface area contributed by atoms with E-state index in [0.29, 0.717) is 11.7 Å². The van der Waals surface area contributed by atoms with E-state index in [4.69, 9.17) is 24.7 Å². The molecule has 1 saturated carbocycles. The fourth-order valence-electron chi connectivity index (χ4n) is 8.81. The number of pyridine rings is 3. The number of fused-ring (bicyclic) bond motifs is 7. The van der Waals surface area contributed by atoms with Crippen molar-refractivity contribution in [3.8, 4) is 22.6 Å². The van der Waals surface area contributed by atoms with Crippen LogP contribution in [-0.4, -0.2) is 41.1 Å². The molecule has 1 aliphatic heterocycles. The van der Waals surface area contributed by atoms with Gasteiger partial charge in [0.2, 0.25) is 0 Å². The monoisotopic (exact) mass is 915 g/mol. The first-order valence-corrected chi connectivity index (χ1v) is 19.4. The van der Waals surface area contributed by atoms with Crippen LogP contribution in [0.4, 0.5) is 0 Å². The van der Waals surface area contributed by atoms with Gasteiger partial charge < -0.3 is 23.8 Å². The standard InChI is InChI=1S/C48H44N6O.Pt/c1-29-17-19-38-36(24-29)43-40(53(38)42-27-33(26-41(51-42)46(3,4)5)45-52-47(6)21-11-12-22-48(47,7)55-45)28-39(30(2)50-43)54-37-20-18-32(31-14-9-8-10-15-31)25-35(37)34-16-13-23-49-44(34)54;/h8-10,13-20,23-26H,11-12,21-22H2,1-7H3;/q-2;+2/t47-,48-;/m0./s1. The Morgan fingerprint density at radius 1 is 0.750 bits per heavy atom. The fraction of sp³-hybridized carbons (Fsp3) is 0.292. The largest absolute Gasteiger partial charge is 2.00 e. The van der Waals surface area contributed by atoms with Gasteiger partial charge in [-0.2, -0.15) is 0 Å². The minimum Gasteiger partial charge on any atom is -0.527 e. The molecule has 0 N–H and O–H groups in total. The van der Waals surface area contributed by atoms with Gasteiger partial charge in [-0.15, -0.1) is 23.8 Å². The average molecular weight is 916 g/mol. The third-order valence-electron chi connectivity index (χ3n) is 12.2. The van der Waals surface area contributed by atoms with Crippen LogP contribution in [0.5, 0.6) is 0 Å². The molecule has 0 spiro atoms. The maximum absolute atomic E-state index is 6.83. The van der Waals surface area contributed by atoms with Crippen molar-refractivity contribution in [1.82, 2.24) is 24.1 Å². The third-order valence-corrected chi connectivity index (χ3v) is 12.2. The van der Waals surface area contributed by atoms with Crippen molar-refractivity contribution >= 4 is 49.8 Å². The summed E-state index contributed by atoms with van der Waals surface area (Å²) in [5.41, 5.74) is 10.7. The van der Waals surface area contributed by atoms with Crippen LogP contribution in [0.2, 0.25) is 0 Å². The van der Waals surface area contributed by atoms with E-state index in [0.717, 1.165) is 103 Å². The van der Waals surface area contributed by atoms with E-state index in [-0.39, 0.29) is 37.6 Å². The van der Waals surface area contributed by atoms with E-state index in [9.17, 15) is 0 Å². The number of aromatic nitrogens is 5. The molecule has 0 bridgehead atoms. The molecule has 1 fully saturated rings. The predicted octanol–water partition coefficient (Wildman–Crippen LogP) is 11.1. The van der Waals surface area contributed by atoms with Crippen LogP contribution in [0.1, 0.15) is 82.8 Å². The Kier molecular flexibility index (Phi) is 8.45. The zero-order chi connectivity index (χ0) is 37.9.